The summed E-state index contributed by atoms with van der Waals surface area (Å²) in [5.74, 6) is -2.56. The SMILES string of the molecule is COC(=O)C(C(C)=O)C(=O)C(C)Oc1ccc(Oc2cnc3cc(Cl)ccc3n2)cc1. The monoisotopic (exact) mass is 442 g/mol. The maximum atomic E-state index is 12.4. The maximum absolute atomic E-state index is 12.4. The number of esters is 1. The van der Waals surface area contributed by atoms with Gasteiger partial charge in [-0.15, -0.1) is 0 Å². The van der Waals surface area contributed by atoms with Crippen LogP contribution in [0.25, 0.3) is 11.0 Å². The van der Waals surface area contributed by atoms with Crippen molar-refractivity contribution in [3.8, 4) is 17.4 Å². The number of carbonyl (C=O) groups excluding carboxylic acids is 3. The molecule has 0 aliphatic heterocycles. The average Bonchev–Trinajstić information content (AvgIpc) is 2.74. The van der Waals surface area contributed by atoms with Crippen LogP contribution in [0.1, 0.15) is 13.8 Å². The van der Waals surface area contributed by atoms with Gasteiger partial charge in [-0.1, -0.05) is 11.6 Å². The maximum Gasteiger partial charge on any atom is 0.323 e. The third-order valence-corrected chi connectivity index (χ3v) is 4.60. The predicted octanol–water partition coefficient (Wildman–Crippen LogP) is 3.79. The lowest BCUT2D eigenvalue weighted by molar-refractivity contribution is -0.154. The van der Waals surface area contributed by atoms with Crippen LogP contribution in [-0.4, -0.2) is 40.7 Å². The minimum absolute atomic E-state index is 0.300. The van der Waals surface area contributed by atoms with Crippen molar-refractivity contribution >= 4 is 40.2 Å². The van der Waals surface area contributed by atoms with E-state index in [4.69, 9.17) is 21.1 Å². The Labute approximate surface area is 183 Å². The highest BCUT2D eigenvalue weighted by Gasteiger charge is 2.36. The lowest BCUT2D eigenvalue weighted by atomic mass is 9.96. The van der Waals surface area contributed by atoms with E-state index in [0.717, 1.165) is 14.0 Å². The van der Waals surface area contributed by atoms with E-state index in [1.54, 1.807) is 42.5 Å². The number of rotatable bonds is 8. The molecule has 2 aromatic carbocycles. The summed E-state index contributed by atoms with van der Waals surface area (Å²) in [6.07, 6.45) is 0.455. The van der Waals surface area contributed by atoms with E-state index in [9.17, 15) is 14.4 Å². The second kappa shape index (κ2) is 9.53. The molecule has 2 unspecified atom stereocenters. The number of ketones is 2. The Morgan fingerprint density at radius 2 is 1.68 bits per heavy atom. The largest absolute Gasteiger partial charge is 0.483 e. The van der Waals surface area contributed by atoms with Gasteiger partial charge in [-0.25, -0.2) is 9.97 Å². The number of hydrogen-bond donors (Lipinski definition) is 0. The highest BCUT2D eigenvalue weighted by molar-refractivity contribution is 6.31. The molecule has 0 spiro atoms. The lowest BCUT2D eigenvalue weighted by Crippen LogP contribution is -2.39. The van der Waals surface area contributed by atoms with Crippen molar-refractivity contribution in [3.63, 3.8) is 0 Å². The van der Waals surface area contributed by atoms with E-state index in [-0.39, 0.29) is 0 Å². The van der Waals surface area contributed by atoms with Crippen LogP contribution in [0.4, 0.5) is 0 Å². The van der Waals surface area contributed by atoms with Crippen LogP contribution in [0.15, 0.2) is 48.7 Å². The number of hydrogen-bond acceptors (Lipinski definition) is 8. The number of nitrogens with zero attached hydrogens (tertiary/aromatic N) is 2. The number of ether oxygens (including phenoxy) is 3. The van der Waals surface area contributed by atoms with Gasteiger partial charge in [0.1, 0.15) is 11.5 Å². The Morgan fingerprint density at radius 3 is 2.32 bits per heavy atom. The van der Waals surface area contributed by atoms with Crippen molar-refractivity contribution < 1.29 is 28.6 Å². The fraction of sp³-hybridized carbons (Fsp3) is 0.227. The first-order valence-corrected chi connectivity index (χ1v) is 9.65. The zero-order valence-corrected chi connectivity index (χ0v) is 17.8. The topological polar surface area (TPSA) is 105 Å². The molecule has 0 bridgehead atoms. The van der Waals surface area contributed by atoms with Crippen molar-refractivity contribution in [1.29, 1.82) is 0 Å². The molecule has 3 aromatic rings. The number of fused-ring (bicyclic) bond motifs is 1. The van der Waals surface area contributed by atoms with Gasteiger partial charge in [0.25, 0.3) is 0 Å². The normalized spacial score (nSPS) is 12.6. The van der Waals surface area contributed by atoms with Crippen LogP contribution in [0.3, 0.4) is 0 Å². The Kier molecular flexibility index (Phi) is 6.81. The lowest BCUT2D eigenvalue weighted by Gasteiger charge is -2.17. The van der Waals surface area contributed by atoms with E-state index < -0.39 is 29.6 Å². The van der Waals surface area contributed by atoms with Crippen LogP contribution >= 0.6 is 11.6 Å². The summed E-state index contributed by atoms with van der Waals surface area (Å²) in [4.78, 5) is 44.4. The number of methoxy groups -OCH3 is 1. The van der Waals surface area contributed by atoms with Gasteiger partial charge < -0.3 is 14.2 Å². The Morgan fingerprint density at radius 1 is 1.00 bits per heavy atom. The second-order valence-electron chi connectivity index (χ2n) is 6.64. The van der Waals surface area contributed by atoms with Crippen molar-refractivity contribution in [2.45, 2.75) is 20.0 Å². The molecule has 8 nitrogen and oxygen atoms in total. The number of Topliss-reactive ketones (excluding diaryl/α,β-unsaturated/α-hetero) is 2. The molecule has 9 heteroatoms. The summed E-state index contributed by atoms with van der Waals surface area (Å²) in [5, 5.41) is 0.569. The van der Waals surface area contributed by atoms with Gasteiger partial charge in [0.05, 0.1) is 24.3 Å². The van der Waals surface area contributed by atoms with E-state index in [1.807, 2.05) is 0 Å². The zero-order valence-electron chi connectivity index (χ0n) is 17.0. The molecule has 0 aliphatic carbocycles. The minimum Gasteiger partial charge on any atom is -0.483 e. The number of aromatic nitrogens is 2. The van der Waals surface area contributed by atoms with Crippen LogP contribution in [0, 0.1) is 5.92 Å². The average molecular weight is 443 g/mol. The zero-order chi connectivity index (χ0) is 22.5. The summed E-state index contributed by atoms with van der Waals surface area (Å²) in [7, 11) is 1.12. The molecule has 2 atom stereocenters. The van der Waals surface area contributed by atoms with Crippen molar-refractivity contribution in [2.75, 3.05) is 7.11 Å². The van der Waals surface area contributed by atoms with Crippen molar-refractivity contribution in [1.82, 2.24) is 9.97 Å². The summed E-state index contributed by atoms with van der Waals surface area (Å²) >= 11 is 5.94. The number of halogens is 1. The Balaban J connectivity index is 1.67. The first-order chi connectivity index (χ1) is 14.8. The quantitative estimate of drug-likeness (QED) is 0.383. The Bertz CT molecular complexity index is 1130. The summed E-state index contributed by atoms with van der Waals surface area (Å²) in [5.41, 5.74) is 1.29. The molecule has 0 amide bonds. The van der Waals surface area contributed by atoms with Gasteiger partial charge in [-0.05, 0) is 56.3 Å². The molecule has 1 heterocycles. The third kappa shape index (κ3) is 5.35. The van der Waals surface area contributed by atoms with Gasteiger partial charge in [0.15, 0.2) is 23.6 Å². The van der Waals surface area contributed by atoms with Gasteiger partial charge >= 0.3 is 5.97 Å². The molecular weight excluding hydrogens is 424 g/mol. The summed E-state index contributed by atoms with van der Waals surface area (Å²) in [6.45, 7) is 2.62. The second-order valence-corrected chi connectivity index (χ2v) is 7.08. The molecule has 0 saturated carbocycles. The van der Waals surface area contributed by atoms with E-state index in [2.05, 4.69) is 14.7 Å². The smallest absolute Gasteiger partial charge is 0.323 e. The van der Waals surface area contributed by atoms with E-state index in [1.165, 1.54) is 13.1 Å². The van der Waals surface area contributed by atoms with E-state index in [0.29, 0.717) is 33.4 Å². The Hall–Kier alpha value is -3.52. The van der Waals surface area contributed by atoms with Crippen LogP contribution in [-0.2, 0) is 19.1 Å². The van der Waals surface area contributed by atoms with Crippen molar-refractivity contribution in [3.05, 3.63) is 53.7 Å². The standard InChI is InChI=1S/C22H19ClN2O6/c1-12(26)20(22(28)29-3)21(27)13(2)30-15-5-7-16(8-6-15)31-19-11-24-18-10-14(23)4-9-17(18)25-19/h4-11,13,20H,1-3H3. The first-order valence-electron chi connectivity index (χ1n) is 9.27. The molecule has 1 aromatic heterocycles. The van der Waals surface area contributed by atoms with Crippen LogP contribution < -0.4 is 9.47 Å². The molecular formula is C22H19ClN2O6. The molecule has 0 aliphatic rings. The van der Waals surface area contributed by atoms with Gasteiger partial charge in [-0.2, -0.15) is 0 Å². The molecule has 0 radical (unpaired) electrons. The van der Waals surface area contributed by atoms with Crippen LogP contribution in [0.2, 0.25) is 5.02 Å². The van der Waals surface area contributed by atoms with Gasteiger partial charge in [0.2, 0.25) is 5.88 Å². The third-order valence-electron chi connectivity index (χ3n) is 4.37. The first kappa shape index (κ1) is 22.2. The minimum atomic E-state index is -1.51. The fourth-order valence-electron chi connectivity index (χ4n) is 2.82. The molecule has 3 rings (SSSR count). The molecule has 31 heavy (non-hydrogen) atoms. The number of benzene rings is 2. The van der Waals surface area contributed by atoms with E-state index >= 15 is 0 Å². The molecule has 0 saturated heterocycles. The highest BCUT2D eigenvalue weighted by Crippen LogP contribution is 2.25. The van der Waals surface area contributed by atoms with Gasteiger partial charge in [0, 0.05) is 5.02 Å². The number of carbonyl (C=O) groups is 3. The van der Waals surface area contributed by atoms with Crippen molar-refractivity contribution in [2.24, 2.45) is 5.92 Å². The van der Waals surface area contributed by atoms with Crippen LogP contribution in [0.5, 0.6) is 17.4 Å². The molecule has 0 fully saturated rings. The fourth-order valence-corrected chi connectivity index (χ4v) is 2.99. The molecule has 160 valence electrons. The summed E-state index contributed by atoms with van der Waals surface area (Å²) < 4.78 is 15.8. The predicted molar refractivity (Wildman–Crippen MR) is 112 cm³/mol. The molecule has 0 N–H and O–H groups in total. The van der Waals surface area contributed by atoms with Gasteiger partial charge in [-0.3, -0.25) is 14.4 Å². The summed E-state index contributed by atoms with van der Waals surface area (Å²) in [6, 6.07) is 11.6. The highest BCUT2D eigenvalue weighted by atomic mass is 35.5.